The standard InChI is InChI=1S/C31H34F3N5O4/c1-3-36(4-2)23-12-14-24(15-13-23)38(20-28(35)40)29(41)21-39-26-16-11-22(31(32,33)34)19-27(26)37(30(39)42)17-8-18-43-25-9-6-5-7-10-25/h5-7,9-16,19H,3-4,8,17-18,20-21H2,1-2H3,(H2,35,40). The number of fused-ring (bicyclic) bond motifs is 1. The number of alkyl halides is 3. The molecule has 0 unspecified atom stereocenters. The summed E-state index contributed by atoms with van der Waals surface area (Å²) in [5, 5.41) is 0. The van der Waals surface area contributed by atoms with Crippen LogP contribution >= 0.6 is 0 Å². The molecule has 2 N–H and O–H groups in total. The van der Waals surface area contributed by atoms with Crippen LogP contribution in [0.1, 0.15) is 25.8 Å². The summed E-state index contributed by atoms with van der Waals surface area (Å²) >= 11 is 0. The molecule has 3 aromatic carbocycles. The van der Waals surface area contributed by atoms with Crippen LogP contribution in [0.3, 0.4) is 0 Å². The van der Waals surface area contributed by atoms with Crippen LogP contribution in [0, 0.1) is 0 Å². The van der Waals surface area contributed by atoms with Crippen molar-refractivity contribution in [2.24, 2.45) is 5.73 Å². The molecule has 0 atom stereocenters. The normalized spacial score (nSPS) is 11.5. The van der Waals surface area contributed by atoms with Gasteiger partial charge in [0, 0.05) is 31.0 Å². The van der Waals surface area contributed by atoms with E-state index in [0.29, 0.717) is 17.9 Å². The zero-order valence-electron chi connectivity index (χ0n) is 24.0. The molecule has 2 amide bonds. The first kappa shape index (κ1) is 31.2. The molecule has 0 aliphatic heterocycles. The molecule has 228 valence electrons. The summed E-state index contributed by atoms with van der Waals surface area (Å²) in [7, 11) is 0. The minimum Gasteiger partial charge on any atom is -0.494 e. The number of aromatic nitrogens is 2. The first-order chi connectivity index (χ1) is 20.5. The van der Waals surface area contributed by atoms with E-state index in [4.69, 9.17) is 10.5 Å². The highest BCUT2D eigenvalue weighted by Crippen LogP contribution is 2.31. The summed E-state index contributed by atoms with van der Waals surface area (Å²) in [6.45, 7) is 4.91. The molecule has 0 fully saturated rings. The van der Waals surface area contributed by atoms with Crippen LogP contribution < -0.4 is 26.0 Å². The second-order valence-corrected chi connectivity index (χ2v) is 9.87. The molecule has 0 spiro atoms. The zero-order chi connectivity index (χ0) is 31.1. The Morgan fingerprint density at radius 2 is 1.53 bits per heavy atom. The topological polar surface area (TPSA) is 103 Å². The summed E-state index contributed by atoms with van der Waals surface area (Å²) in [5.41, 5.74) is 5.40. The molecule has 4 aromatic rings. The Morgan fingerprint density at radius 1 is 0.884 bits per heavy atom. The number of carbonyl (C=O) groups is 2. The van der Waals surface area contributed by atoms with Crippen LogP contribution in [-0.4, -0.2) is 47.2 Å². The maximum atomic E-state index is 13.6. The van der Waals surface area contributed by atoms with Crippen LogP contribution in [0.25, 0.3) is 11.0 Å². The van der Waals surface area contributed by atoms with Crippen LogP contribution in [0.5, 0.6) is 5.75 Å². The summed E-state index contributed by atoms with van der Waals surface area (Å²) in [4.78, 5) is 42.3. The Morgan fingerprint density at radius 3 is 2.14 bits per heavy atom. The number of aryl methyl sites for hydroxylation is 1. The lowest BCUT2D eigenvalue weighted by Crippen LogP contribution is -2.41. The number of hydrogen-bond acceptors (Lipinski definition) is 5. The molecule has 0 radical (unpaired) electrons. The average Bonchev–Trinajstić information content (AvgIpc) is 3.24. The molecule has 4 rings (SSSR count). The number of amides is 2. The number of rotatable bonds is 13. The molecule has 0 aliphatic rings. The van der Waals surface area contributed by atoms with Gasteiger partial charge in [-0.1, -0.05) is 18.2 Å². The number of halogens is 3. The van der Waals surface area contributed by atoms with Gasteiger partial charge in [0.2, 0.25) is 11.8 Å². The lowest BCUT2D eigenvalue weighted by molar-refractivity contribution is -0.137. The van der Waals surface area contributed by atoms with E-state index in [9.17, 15) is 27.6 Å². The van der Waals surface area contributed by atoms with Gasteiger partial charge in [0.15, 0.2) is 0 Å². The maximum Gasteiger partial charge on any atom is 0.416 e. The molecule has 0 saturated carbocycles. The fourth-order valence-corrected chi connectivity index (χ4v) is 4.93. The minimum absolute atomic E-state index is 0.0392. The van der Waals surface area contributed by atoms with Crippen LogP contribution in [0.15, 0.2) is 77.6 Å². The molecule has 0 aliphatic carbocycles. The predicted molar refractivity (Wildman–Crippen MR) is 159 cm³/mol. The Labute approximate surface area is 246 Å². The van der Waals surface area contributed by atoms with E-state index in [1.165, 1.54) is 15.5 Å². The number of nitrogens with zero attached hydrogens (tertiary/aromatic N) is 4. The van der Waals surface area contributed by atoms with E-state index < -0.39 is 42.3 Å². The highest BCUT2D eigenvalue weighted by atomic mass is 19.4. The Hall–Kier alpha value is -4.74. The lowest BCUT2D eigenvalue weighted by Gasteiger charge is -2.24. The highest BCUT2D eigenvalue weighted by Gasteiger charge is 2.32. The third-order valence-corrected chi connectivity index (χ3v) is 7.08. The SMILES string of the molecule is CCN(CC)c1ccc(N(CC(N)=O)C(=O)Cn2c(=O)n(CCCOc3ccccc3)c3cc(C(F)(F)F)ccc32)cc1. The lowest BCUT2D eigenvalue weighted by atomic mass is 10.2. The van der Waals surface area contributed by atoms with E-state index in [1.807, 2.05) is 44.2 Å². The van der Waals surface area contributed by atoms with E-state index in [1.54, 1.807) is 24.3 Å². The molecule has 1 aromatic heterocycles. The van der Waals surface area contributed by atoms with Crippen molar-refractivity contribution < 1.29 is 27.5 Å². The summed E-state index contributed by atoms with van der Waals surface area (Å²) in [6.07, 6.45) is -4.30. The first-order valence-corrected chi connectivity index (χ1v) is 13.9. The van der Waals surface area contributed by atoms with Gasteiger partial charge in [0.1, 0.15) is 18.8 Å². The number of ether oxygens (including phenoxy) is 1. The monoisotopic (exact) mass is 597 g/mol. The number of imidazole rings is 1. The number of primary amides is 1. The fraction of sp³-hybridized carbons (Fsp3) is 0.323. The van der Waals surface area contributed by atoms with Crippen molar-refractivity contribution in [3.8, 4) is 5.75 Å². The van der Waals surface area contributed by atoms with Crippen LogP contribution in [0.2, 0.25) is 0 Å². The summed E-state index contributed by atoms with van der Waals surface area (Å²) < 4.78 is 48.7. The van der Waals surface area contributed by atoms with Gasteiger partial charge < -0.3 is 20.3 Å². The second kappa shape index (κ2) is 13.5. The quantitative estimate of drug-likeness (QED) is 0.226. The van der Waals surface area contributed by atoms with Crippen molar-refractivity contribution in [3.05, 3.63) is 88.8 Å². The van der Waals surface area contributed by atoms with Gasteiger partial charge in [-0.05, 0) is 74.9 Å². The number of nitrogens with two attached hydrogens (primary N) is 1. The maximum absolute atomic E-state index is 13.6. The third kappa shape index (κ3) is 7.37. The Bertz CT molecular complexity index is 1610. The zero-order valence-corrected chi connectivity index (χ0v) is 24.0. The molecular formula is C31H34F3N5O4. The van der Waals surface area contributed by atoms with Crippen LogP contribution in [0.4, 0.5) is 24.5 Å². The van der Waals surface area contributed by atoms with Gasteiger partial charge in [0.05, 0.1) is 23.2 Å². The van der Waals surface area contributed by atoms with Crippen molar-refractivity contribution >= 4 is 34.2 Å². The number of para-hydroxylation sites is 1. The minimum atomic E-state index is -4.63. The van der Waals surface area contributed by atoms with Crippen molar-refractivity contribution in [2.75, 3.05) is 36.0 Å². The van der Waals surface area contributed by atoms with E-state index in [2.05, 4.69) is 4.90 Å². The van der Waals surface area contributed by atoms with Gasteiger partial charge in [-0.3, -0.25) is 18.7 Å². The average molecular weight is 598 g/mol. The number of carbonyl (C=O) groups excluding carboxylic acids is 2. The van der Waals surface area contributed by atoms with E-state index >= 15 is 0 Å². The molecule has 9 nitrogen and oxygen atoms in total. The summed E-state index contributed by atoms with van der Waals surface area (Å²) in [5.74, 6) is -0.756. The molecule has 1 heterocycles. The number of hydrogen-bond donors (Lipinski definition) is 1. The molecule has 43 heavy (non-hydrogen) atoms. The highest BCUT2D eigenvalue weighted by molar-refractivity contribution is 5.99. The van der Waals surface area contributed by atoms with Crippen LogP contribution in [-0.2, 0) is 28.9 Å². The smallest absolute Gasteiger partial charge is 0.416 e. The molecule has 12 heteroatoms. The van der Waals surface area contributed by atoms with E-state index in [0.717, 1.165) is 35.5 Å². The third-order valence-electron chi connectivity index (χ3n) is 7.08. The molecular weight excluding hydrogens is 563 g/mol. The van der Waals surface area contributed by atoms with Crippen molar-refractivity contribution in [1.82, 2.24) is 9.13 Å². The van der Waals surface area contributed by atoms with Crippen molar-refractivity contribution in [3.63, 3.8) is 0 Å². The second-order valence-electron chi connectivity index (χ2n) is 9.87. The number of benzene rings is 3. The molecule has 0 saturated heterocycles. The Kier molecular flexibility index (Phi) is 9.79. The van der Waals surface area contributed by atoms with Gasteiger partial charge in [-0.25, -0.2) is 4.79 Å². The van der Waals surface area contributed by atoms with Gasteiger partial charge in [-0.2, -0.15) is 13.2 Å². The van der Waals surface area contributed by atoms with Gasteiger partial charge >= 0.3 is 11.9 Å². The Balaban J connectivity index is 1.65. The number of anilines is 2. The largest absolute Gasteiger partial charge is 0.494 e. The van der Waals surface area contributed by atoms with Gasteiger partial charge in [-0.15, -0.1) is 0 Å². The molecule has 0 bridgehead atoms. The van der Waals surface area contributed by atoms with Crippen molar-refractivity contribution in [2.45, 2.75) is 39.5 Å². The summed E-state index contributed by atoms with van der Waals surface area (Å²) in [6, 6.07) is 19.0. The van der Waals surface area contributed by atoms with E-state index in [-0.39, 0.29) is 24.2 Å². The predicted octanol–water partition coefficient (Wildman–Crippen LogP) is 4.66. The first-order valence-electron chi connectivity index (χ1n) is 13.9. The fourth-order valence-electron chi connectivity index (χ4n) is 4.93. The van der Waals surface area contributed by atoms with Crippen molar-refractivity contribution in [1.29, 1.82) is 0 Å². The van der Waals surface area contributed by atoms with Gasteiger partial charge in [0.25, 0.3) is 0 Å².